The molecule has 2 atom stereocenters. The van der Waals surface area contributed by atoms with Gasteiger partial charge in [-0.15, -0.1) is 0 Å². The quantitative estimate of drug-likeness (QED) is 0.467. The van der Waals surface area contributed by atoms with Crippen LogP contribution in [0.3, 0.4) is 0 Å². The highest BCUT2D eigenvalue weighted by atomic mass is 15.1. The largest absolute Gasteiger partial charge is 0.308 e. The second-order valence-electron chi connectivity index (χ2n) is 3.02. The maximum absolute atomic E-state index is 3.47. The Labute approximate surface area is 50.5 Å². The lowest BCUT2D eigenvalue weighted by atomic mass is 10.2. The Bertz CT molecular complexity index is 80.4. The van der Waals surface area contributed by atoms with E-state index in [0.717, 1.165) is 12.1 Å². The Morgan fingerprint density at radius 2 is 1.50 bits per heavy atom. The fourth-order valence-electron chi connectivity index (χ4n) is 1.69. The van der Waals surface area contributed by atoms with Crippen LogP contribution in [0.5, 0.6) is 0 Å². The molecule has 2 fully saturated rings. The van der Waals surface area contributed by atoms with Crippen molar-refractivity contribution in [2.24, 2.45) is 0 Å². The van der Waals surface area contributed by atoms with Gasteiger partial charge in [-0.2, -0.15) is 0 Å². The zero-order valence-corrected chi connectivity index (χ0v) is 5.19. The van der Waals surface area contributed by atoms with Crippen LogP contribution in [-0.4, -0.2) is 12.1 Å². The maximum Gasteiger partial charge on any atom is 0.0224 e. The number of fused-ring (bicyclic) bond motifs is 1. The van der Waals surface area contributed by atoms with Gasteiger partial charge in [0.25, 0.3) is 0 Å². The Morgan fingerprint density at radius 3 is 2.12 bits per heavy atom. The predicted octanol–water partition coefficient (Wildman–Crippen LogP) is 1.29. The summed E-state index contributed by atoms with van der Waals surface area (Å²) < 4.78 is 0. The van der Waals surface area contributed by atoms with E-state index in [0.29, 0.717) is 0 Å². The highest BCUT2D eigenvalue weighted by Gasteiger charge is 2.35. The highest BCUT2D eigenvalue weighted by Crippen LogP contribution is 2.26. The van der Waals surface area contributed by atoms with Gasteiger partial charge in [-0.05, 0) is 12.8 Å². The molecular weight excluding hydrogens is 98.1 g/mol. The van der Waals surface area contributed by atoms with E-state index in [1.54, 1.807) is 0 Å². The molecule has 2 aliphatic rings. The summed E-state index contributed by atoms with van der Waals surface area (Å²) >= 11 is 0. The molecule has 1 saturated carbocycles. The summed E-state index contributed by atoms with van der Waals surface area (Å²) in [7, 11) is 0. The summed E-state index contributed by atoms with van der Waals surface area (Å²) in [5.41, 5.74) is 0. The van der Waals surface area contributed by atoms with Crippen molar-refractivity contribution in [1.29, 1.82) is 0 Å². The first-order valence-corrected chi connectivity index (χ1v) is 3.73. The van der Waals surface area contributed by atoms with E-state index < -0.39 is 0 Å². The standard InChI is InChI=1S/C7H13N/c1-2-4-6-7(8-6)5-3-1/h6-8H,1-5H2/t6-,7+. The van der Waals surface area contributed by atoms with Crippen molar-refractivity contribution in [3.8, 4) is 0 Å². The molecule has 0 aromatic rings. The molecule has 0 unspecified atom stereocenters. The molecular formula is C7H13N. The molecule has 1 heterocycles. The van der Waals surface area contributed by atoms with Crippen LogP contribution in [0.25, 0.3) is 0 Å². The first-order valence-electron chi connectivity index (χ1n) is 3.73. The van der Waals surface area contributed by atoms with Gasteiger partial charge in [-0.3, -0.25) is 0 Å². The fraction of sp³-hybridized carbons (Fsp3) is 1.00. The summed E-state index contributed by atoms with van der Waals surface area (Å²) in [5, 5.41) is 3.47. The van der Waals surface area contributed by atoms with E-state index in [2.05, 4.69) is 5.32 Å². The van der Waals surface area contributed by atoms with E-state index in [1.807, 2.05) is 0 Å². The molecule has 0 amide bonds. The van der Waals surface area contributed by atoms with Crippen molar-refractivity contribution >= 4 is 0 Å². The topological polar surface area (TPSA) is 21.9 Å². The maximum atomic E-state index is 3.47. The van der Waals surface area contributed by atoms with Gasteiger partial charge in [0.15, 0.2) is 0 Å². The van der Waals surface area contributed by atoms with Gasteiger partial charge in [-0.1, -0.05) is 19.3 Å². The minimum Gasteiger partial charge on any atom is -0.308 e. The van der Waals surface area contributed by atoms with E-state index in [4.69, 9.17) is 0 Å². The Hall–Kier alpha value is -0.0400. The molecule has 1 N–H and O–H groups in total. The van der Waals surface area contributed by atoms with E-state index in [1.165, 1.54) is 32.1 Å². The number of hydrogen-bond donors (Lipinski definition) is 1. The molecule has 2 rings (SSSR count). The zero-order chi connectivity index (χ0) is 5.40. The van der Waals surface area contributed by atoms with Crippen LogP contribution >= 0.6 is 0 Å². The van der Waals surface area contributed by atoms with Gasteiger partial charge in [0.2, 0.25) is 0 Å². The Morgan fingerprint density at radius 1 is 0.875 bits per heavy atom. The molecule has 0 radical (unpaired) electrons. The summed E-state index contributed by atoms with van der Waals surface area (Å²) in [5.74, 6) is 0. The van der Waals surface area contributed by atoms with Crippen LogP contribution in [0.15, 0.2) is 0 Å². The summed E-state index contributed by atoms with van der Waals surface area (Å²) in [6, 6.07) is 1.88. The molecule has 1 saturated heterocycles. The fourth-order valence-corrected chi connectivity index (χ4v) is 1.69. The second kappa shape index (κ2) is 1.73. The van der Waals surface area contributed by atoms with Gasteiger partial charge in [0.05, 0.1) is 0 Å². The van der Waals surface area contributed by atoms with Gasteiger partial charge < -0.3 is 5.32 Å². The van der Waals surface area contributed by atoms with Crippen molar-refractivity contribution in [1.82, 2.24) is 5.32 Å². The molecule has 1 aliphatic heterocycles. The van der Waals surface area contributed by atoms with Crippen molar-refractivity contribution in [3.63, 3.8) is 0 Å². The monoisotopic (exact) mass is 111 g/mol. The number of nitrogens with one attached hydrogen (secondary N) is 1. The molecule has 0 spiro atoms. The van der Waals surface area contributed by atoms with Crippen LogP contribution in [0, 0.1) is 0 Å². The lowest BCUT2D eigenvalue weighted by Gasteiger charge is -1.91. The summed E-state index contributed by atoms with van der Waals surface area (Å²) in [6.45, 7) is 0. The smallest absolute Gasteiger partial charge is 0.0224 e. The Kier molecular flexibility index (Phi) is 1.04. The third kappa shape index (κ3) is 0.752. The van der Waals surface area contributed by atoms with Gasteiger partial charge >= 0.3 is 0 Å². The van der Waals surface area contributed by atoms with Crippen LogP contribution in [0.1, 0.15) is 32.1 Å². The average Bonchev–Trinajstić information content (AvgIpc) is 2.36. The average molecular weight is 111 g/mol. The third-order valence-electron chi connectivity index (χ3n) is 2.33. The Balaban J connectivity index is 1.89. The van der Waals surface area contributed by atoms with Crippen LogP contribution in [-0.2, 0) is 0 Å². The minimum atomic E-state index is 0.942. The number of rotatable bonds is 0. The highest BCUT2D eigenvalue weighted by molar-refractivity contribution is 4.98. The lowest BCUT2D eigenvalue weighted by Crippen LogP contribution is -1.87. The number of hydrogen-bond acceptors (Lipinski definition) is 1. The van der Waals surface area contributed by atoms with E-state index in [9.17, 15) is 0 Å². The van der Waals surface area contributed by atoms with Crippen molar-refractivity contribution in [2.75, 3.05) is 0 Å². The van der Waals surface area contributed by atoms with Crippen molar-refractivity contribution in [3.05, 3.63) is 0 Å². The zero-order valence-electron chi connectivity index (χ0n) is 5.19. The molecule has 8 heavy (non-hydrogen) atoms. The molecule has 0 aromatic heterocycles. The lowest BCUT2D eigenvalue weighted by molar-refractivity contribution is 0.650. The summed E-state index contributed by atoms with van der Waals surface area (Å²) in [6.07, 6.45) is 7.31. The molecule has 1 nitrogen and oxygen atoms in total. The molecule has 1 heteroatoms. The minimum absolute atomic E-state index is 0.942. The molecule has 0 bridgehead atoms. The van der Waals surface area contributed by atoms with Gasteiger partial charge in [0.1, 0.15) is 0 Å². The summed E-state index contributed by atoms with van der Waals surface area (Å²) in [4.78, 5) is 0. The van der Waals surface area contributed by atoms with Crippen LogP contribution in [0.2, 0.25) is 0 Å². The predicted molar refractivity (Wildman–Crippen MR) is 33.8 cm³/mol. The van der Waals surface area contributed by atoms with Crippen LogP contribution < -0.4 is 5.32 Å². The van der Waals surface area contributed by atoms with Crippen LogP contribution in [0.4, 0.5) is 0 Å². The van der Waals surface area contributed by atoms with Gasteiger partial charge in [0, 0.05) is 12.1 Å². The second-order valence-corrected chi connectivity index (χ2v) is 3.02. The first-order chi connectivity index (χ1) is 3.97. The SMILES string of the molecule is C1CC[C@@H]2N[C@@H]2CC1. The van der Waals surface area contributed by atoms with Gasteiger partial charge in [-0.25, -0.2) is 0 Å². The molecule has 0 aromatic carbocycles. The molecule has 1 aliphatic carbocycles. The van der Waals surface area contributed by atoms with E-state index in [-0.39, 0.29) is 0 Å². The van der Waals surface area contributed by atoms with Crippen molar-refractivity contribution < 1.29 is 0 Å². The van der Waals surface area contributed by atoms with E-state index >= 15 is 0 Å². The molecule has 46 valence electrons. The third-order valence-corrected chi connectivity index (χ3v) is 2.33. The first kappa shape index (κ1) is 4.80. The normalized spacial score (nSPS) is 45.0. The van der Waals surface area contributed by atoms with Crippen molar-refractivity contribution in [2.45, 2.75) is 44.2 Å².